The minimum atomic E-state index is -0.503. The second kappa shape index (κ2) is 6.47. The summed E-state index contributed by atoms with van der Waals surface area (Å²) in [5, 5.41) is 5.88. The van der Waals surface area contributed by atoms with Gasteiger partial charge in [-0.15, -0.1) is 0 Å². The third-order valence-electron chi connectivity index (χ3n) is 2.24. The number of rotatable bonds is 2. The topological polar surface area (TPSA) is 79.5 Å². The zero-order chi connectivity index (χ0) is 13.7. The number of nitrogens with one attached hydrogen (secondary N) is 2. The Kier molecular flexibility index (Phi) is 5.25. The van der Waals surface area contributed by atoms with Gasteiger partial charge >= 0.3 is 6.03 Å². The fourth-order valence-corrected chi connectivity index (χ4v) is 1.95. The molecule has 1 rings (SSSR count). The van der Waals surface area contributed by atoms with Gasteiger partial charge in [0.15, 0.2) is 5.96 Å². The van der Waals surface area contributed by atoms with Crippen molar-refractivity contribution in [1.29, 1.82) is 0 Å². The number of aryl methyl sites for hydroxylation is 1. The first-order chi connectivity index (χ1) is 8.47. The monoisotopic (exact) mass is 288 g/mol. The number of carbonyl (C=O) groups excluding carboxylic acids is 1. The summed E-state index contributed by atoms with van der Waals surface area (Å²) in [5.74, 6) is 0.0237. The molecular formula is C11H14Cl2N4O. The minimum absolute atomic E-state index is 0.0237. The maximum Gasteiger partial charge on any atom is 0.326 e. The van der Waals surface area contributed by atoms with Gasteiger partial charge in [-0.2, -0.15) is 0 Å². The molecule has 0 aliphatic rings. The lowest BCUT2D eigenvalue weighted by Crippen LogP contribution is -2.39. The molecule has 4 N–H and O–H groups in total. The van der Waals surface area contributed by atoms with Gasteiger partial charge in [0, 0.05) is 12.1 Å². The Morgan fingerprint density at radius 1 is 1.44 bits per heavy atom. The van der Waals surface area contributed by atoms with Gasteiger partial charge in [0.2, 0.25) is 0 Å². The maximum atomic E-state index is 11.6. The van der Waals surface area contributed by atoms with Crippen LogP contribution in [-0.4, -0.2) is 19.0 Å². The van der Waals surface area contributed by atoms with Crippen molar-refractivity contribution in [1.82, 2.24) is 5.32 Å². The second-order valence-electron chi connectivity index (χ2n) is 3.46. The first kappa shape index (κ1) is 14.6. The number of anilines is 1. The number of aliphatic imine (C=N–C) groups is 1. The van der Waals surface area contributed by atoms with E-state index >= 15 is 0 Å². The van der Waals surface area contributed by atoms with Crippen molar-refractivity contribution in [2.75, 3.05) is 12.4 Å². The highest BCUT2D eigenvalue weighted by molar-refractivity contribution is 6.37. The number of nitrogens with two attached hydrogens (primary N) is 1. The number of hydrogen-bond acceptors (Lipinski definition) is 2. The molecule has 2 amide bonds. The van der Waals surface area contributed by atoms with Gasteiger partial charge in [0.25, 0.3) is 0 Å². The standard InChI is InChI=1S/C11H14Cl2N4O/c1-3-6-4-7(12)5-8(13)9(6)16-11(18)17-10(14)15-2/h4-5H,3H2,1-2H3,(H4,14,15,16,17,18). The number of hydrogen-bond donors (Lipinski definition) is 3. The Balaban J connectivity index is 2.93. The lowest BCUT2D eigenvalue weighted by molar-refractivity contribution is 0.256. The highest BCUT2D eigenvalue weighted by atomic mass is 35.5. The third-order valence-corrected chi connectivity index (χ3v) is 2.75. The number of urea groups is 1. The fraction of sp³-hybridized carbons (Fsp3) is 0.273. The van der Waals surface area contributed by atoms with Crippen molar-refractivity contribution in [3.8, 4) is 0 Å². The largest absolute Gasteiger partial charge is 0.370 e. The van der Waals surface area contributed by atoms with Crippen molar-refractivity contribution in [3.63, 3.8) is 0 Å². The summed E-state index contributed by atoms with van der Waals surface area (Å²) in [4.78, 5) is 15.2. The molecule has 0 heterocycles. The van der Waals surface area contributed by atoms with Crippen LogP contribution in [0.25, 0.3) is 0 Å². The molecule has 18 heavy (non-hydrogen) atoms. The van der Waals surface area contributed by atoms with Crippen LogP contribution in [0.3, 0.4) is 0 Å². The van der Waals surface area contributed by atoms with E-state index in [-0.39, 0.29) is 5.96 Å². The highest BCUT2D eigenvalue weighted by Crippen LogP contribution is 2.30. The second-order valence-corrected chi connectivity index (χ2v) is 4.31. The van der Waals surface area contributed by atoms with Crippen LogP contribution < -0.4 is 16.4 Å². The van der Waals surface area contributed by atoms with E-state index in [9.17, 15) is 4.79 Å². The number of guanidine groups is 1. The van der Waals surface area contributed by atoms with Crippen molar-refractivity contribution >= 4 is 40.9 Å². The van der Waals surface area contributed by atoms with Crippen LogP contribution in [-0.2, 0) is 6.42 Å². The Hall–Kier alpha value is -1.46. The Morgan fingerprint density at radius 2 is 2.11 bits per heavy atom. The summed E-state index contributed by atoms with van der Waals surface area (Å²) in [7, 11) is 1.47. The molecule has 5 nitrogen and oxygen atoms in total. The van der Waals surface area contributed by atoms with Crippen molar-refractivity contribution in [2.45, 2.75) is 13.3 Å². The molecule has 0 aromatic heterocycles. The molecule has 98 valence electrons. The molecule has 0 spiro atoms. The maximum absolute atomic E-state index is 11.6. The molecule has 7 heteroatoms. The lowest BCUT2D eigenvalue weighted by atomic mass is 10.1. The van der Waals surface area contributed by atoms with Gasteiger partial charge in [-0.1, -0.05) is 30.1 Å². The number of benzene rings is 1. The summed E-state index contributed by atoms with van der Waals surface area (Å²) in [5.41, 5.74) is 6.74. The van der Waals surface area contributed by atoms with Crippen LogP contribution >= 0.6 is 23.2 Å². The molecule has 0 fully saturated rings. The van der Waals surface area contributed by atoms with E-state index in [1.807, 2.05) is 6.92 Å². The molecule has 0 saturated carbocycles. The third kappa shape index (κ3) is 3.78. The van der Waals surface area contributed by atoms with E-state index in [0.29, 0.717) is 22.2 Å². The smallest absolute Gasteiger partial charge is 0.326 e. The molecule has 0 bridgehead atoms. The van der Waals surface area contributed by atoms with Crippen LogP contribution in [0.4, 0.5) is 10.5 Å². The Morgan fingerprint density at radius 3 is 2.67 bits per heavy atom. The van der Waals surface area contributed by atoms with E-state index in [4.69, 9.17) is 28.9 Å². The van der Waals surface area contributed by atoms with Crippen LogP contribution in [0.1, 0.15) is 12.5 Å². The van der Waals surface area contributed by atoms with Crippen LogP contribution in [0, 0.1) is 0 Å². The van der Waals surface area contributed by atoms with Gasteiger partial charge in [-0.25, -0.2) is 4.79 Å². The van der Waals surface area contributed by atoms with E-state index < -0.39 is 6.03 Å². The van der Waals surface area contributed by atoms with E-state index in [2.05, 4.69) is 15.6 Å². The molecule has 1 aromatic rings. The quantitative estimate of drug-likeness (QED) is 0.578. The van der Waals surface area contributed by atoms with Gasteiger partial charge in [0.05, 0.1) is 10.7 Å². The van der Waals surface area contributed by atoms with E-state index in [0.717, 1.165) is 5.56 Å². The predicted molar refractivity (Wildman–Crippen MR) is 75.5 cm³/mol. The molecular weight excluding hydrogens is 275 g/mol. The lowest BCUT2D eigenvalue weighted by Gasteiger charge is -2.13. The van der Waals surface area contributed by atoms with Gasteiger partial charge in [-0.05, 0) is 24.1 Å². The Bertz CT molecular complexity index is 488. The van der Waals surface area contributed by atoms with Crippen molar-refractivity contribution in [3.05, 3.63) is 27.7 Å². The van der Waals surface area contributed by atoms with Crippen LogP contribution in [0.15, 0.2) is 17.1 Å². The molecule has 0 aliphatic carbocycles. The van der Waals surface area contributed by atoms with Crippen molar-refractivity contribution in [2.24, 2.45) is 10.7 Å². The van der Waals surface area contributed by atoms with Crippen LogP contribution in [0.5, 0.6) is 0 Å². The normalized spacial score (nSPS) is 11.2. The fourth-order valence-electron chi connectivity index (χ4n) is 1.36. The summed E-state index contributed by atoms with van der Waals surface area (Å²) in [6.45, 7) is 1.94. The molecule has 1 aromatic carbocycles. The van der Waals surface area contributed by atoms with Crippen LogP contribution in [0.2, 0.25) is 10.0 Å². The summed E-state index contributed by atoms with van der Waals surface area (Å²) < 4.78 is 0. The average Bonchev–Trinajstić information content (AvgIpc) is 2.31. The van der Waals surface area contributed by atoms with Gasteiger partial charge in [-0.3, -0.25) is 10.3 Å². The Labute approximate surface area is 115 Å². The predicted octanol–water partition coefficient (Wildman–Crippen LogP) is 2.62. The van der Waals surface area contributed by atoms with Crippen molar-refractivity contribution < 1.29 is 4.79 Å². The molecule has 0 unspecified atom stereocenters. The number of halogens is 2. The molecule has 0 aliphatic heterocycles. The summed E-state index contributed by atoms with van der Waals surface area (Å²) in [6, 6.07) is 2.81. The zero-order valence-corrected chi connectivity index (χ0v) is 11.6. The number of amides is 2. The SMILES string of the molecule is CCc1cc(Cl)cc(Cl)c1NC(=O)NC(N)=NC. The number of nitrogens with zero attached hydrogens (tertiary/aromatic N) is 1. The van der Waals surface area contributed by atoms with E-state index in [1.165, 1.54) is 7.05 Å². The first-order valence-electron chi connectivity index (χ1n) is 5.26. The minimum Gasteiger partial charge on any atom is -0.370 e. The molecule has 0 saturated heterocycles. The molecule has 0 radical (unpaired) electrons. The molecule has 0 atom stereocenters. The number of carbonyl (C=O) groups is 1. The summed E-state index contributed by atoms with van der Waals surface area (Å²) >= 11 is 11.9. The highest BCUT2D eigenvalue weighted by Gasteiger charge is 2.11. The van der Waals surface area contributed by atoms with Gasteiger partial charge < -0.3 is 11.1 Å². The van der Waals surface area contributed by atoms with E-state index in [1.54, 1.807) is 12.1 Å². The average molecular weight is 289 g/mol. The first-order valence-corrected chi connectivity index (χ1v) is 6.01. The van der Waals surface area contributed by atoms with Gasteiger partial charge in [0.1, 0.15) is 0 Å². The zero-order valence-electron chi connectivity index (χ0n) is 10.1. The summed E-state index contributed by atoms with van der Waals surface area (Å²) in [6.07, 6.45) is 0.688.